The van der Waals surface area contributed by atoms with E-state index in [1.807, 2.05) is 41.9 Å². The van der Waals surface area contributed by atoms with Crippen molar-refractivity contribution in [2.45, 2.75) is 32.1 Å². The molecule has 1 heterocycles. The highest BCUT2D eigenvalue weighted by atomic mass is 16.1. The molecule has 126 valence electrons. The zero-order chi connectivity index (χ0) is 17.2. The van der Waals surface area contributed by atoms with Crippen LogP contribution >= 0.6 is 0 Å². The number of anilines is 1. The molecule has 1 aliphatic rings. The van der Waals surface area contributed by atoms with Crippen molar-refractivity contribution in [3.05, 3.63) is 77.6 Å². The Kier molecular flexibility index (Phi) is 4.10. The number of para-hydroxylation sites is 1. The Morgan fingerprint density at radius 3 is 2.76 bits per heavy atom. The fraction of sp³-hybridized carbons (Fsp3) is 0.238. The molecule has 0 saturated carbocycles. The lowest BCUT2D eigenvalue weighted by Crippen LogP contribution is -2.15. The Balaban J connectivity index is 1.47. The van der Waals surface area contributed by atoms with Crippen molar-refractivity contribution in [3.8, 4) is 5.69 Å². The fourth-order valence-electron chi connectivity index (χ4n) is 3.64. The minimum Gasteiger partial charge on any atom is -0.323 e. The number of rotatable bonds is 4. The van der Waals surface area contributed by atoms with Gasteiger partial charge in [0.15, 0.2) is 0 Å². The van der Waals surface area contributed by atoms with E-state index in [0.29, 0.717) is 12.3 Å². The number of nitrogens with zero attached hydrogens (tertiary/aromatic N) is 2. The van der Waals surface area contributed by atoms with Gasteiger partial charge in [0.25, 0.3) is 0 Å². The third-order valence-electron chi connectivity index (χ3n) is 4.97. The van der Waals surface area contributed by atoms with Crippen LogP contribution in [0.15, 0.2) is 60.8 Å². The maximum Gasteiger partial charge on any atom is 0.225 e. The van der Waals surface area contributed by atoms with Crippen LogP contribution in [0.2, 0.25) is 0 Å². The Bertz CT molecular complexity index is 899. The summed E-state index contributed by atoms with van der Waals surface area (Å²) in [6.45, 7) is 1.97. The van der Waals surface area contributed by atoms with Gasteiger partial charge in [0, 0.05) is 6.42 Å². The van der Waals surface area contributed by atoms with Crippen LogP contribution in [-0.4, -0.2) is 15.7 Å². The van der Waals surface area contributed by atoms with Crippen molar-refractivity contribution in [2.75, 3.05) is 5.32 Å². The average molecular weight is 331 g/mol. The van der Waals surface area contributed by atoms with Crippen molar-refractivity contribution in [1.82, 2.24) is 9.78 Å². The van der Waals surface area contributed by atoms with E-state index in [2.05, 4.69) is 34.7 Å². The molecule has 4 nitrogen and oxygen atoms in total. The Hall–Kier alpha value is -2.88. The second kappa shape index (κ2) is 6.55. The van der Waals surface area contributed by atoms with E-state index in [1.54, 1.807) is 6.20 Å². The van der Waals surface area contributed by atoms with Crippen LogP contribution in [0.4, 0.5) is 5.69 Å². The molecule has 0 fully saturated rings. The molecule has 25 heavy (non-hydrogen) atoms. The zero-order valence-electron chi connectivity index (χ0n) is 14.3. The quantitative estimate of drug-likeness (QED) is 0.777. The molecule has 1 atom stereocenters. The minimum absolute atomic E-state index is 0.0532. The van der Waals surface area contributed by atoms with Crippen molar-refractivity contribution < 1.29 is 4.79 Å². The second-order valence-electron chi connectivity index (χ2n) is 6.58. The van der Waals surface area contributed by atoms with E-state index in [9.17, 15) is 4.79 Å². The van der Waals surface area contributed by atoms with Gasteiger partial charge in [-0.3, -0.25) is 4.79 Å². The molecule has 1 aliphatic carbocycles. The molecular formula is C21H21N3O. The number of carbonyl (C=O) groups is 1. The molecule has 2 aromatic carbocycles. The molecule has 0 unspecified atom stereocenters. The van der Waals surface area contributed by atoms with E-state index < -0.39 is 0 Å². The molecule has 0 aliphatic heterocycles. The van der Waals surface area contributed by atoms with Gasteiger partial charge in [-0.25, -0.2) is 4.68 Å². The smallest absolute Gasteiger partial charge is 0.225 e. The summed E-state index contributed by atoms with van der Waals surface area (Å²) in [5.41, 5.74) is 5.42. The van der Waals surface area contributed by atoms with Crippen molar-refractivity contribution in [2.24, 2.45) is 0 Å². The fourth-order valence-corrected chi connectivity index (χ4v) is 3.64. The molecule has 3 aromatic rings. The van der Waals surface area contributed by atoms with E-state index >= 15 is 0 Å². The van der Waals surface area contributed by atoms with E-state index in [4.69, 9.17) is 0 Å². The number of aromatic nitrogens is 2. The largest absolute Gasteiger partial charge is 0.323 e. The monoisotopic (exact) mass is 331 g/mol. The first-order valence-electron chi connectivity index (χ1n) is 8.70. The maximum atomic E-state index is 12.5. The van der Waals surface area contributed by atoms with Gasteiger partial charge < -0.3 is 5.32 Å². The van der Waals surface area contributed by atoms with E-state index in [-0.39, 0.29) is 5.91 Å². The van der Waals surface area contributed by atoms with Crippen molar-refractivity contribution in [1.29, 1.82) is 0 Å². The molecule has 0 spiro atoms. The predicted molar refractivity (Wildman–Crippen MR) is 99.1 cm³/mol. The van der Waals surface area contributed by atoms with Crippen LogP contribution in [0.5, 0.6) is 0 Å². The summed E-state index contributed by atoms with van der Waals surface area (Å²) in [5, 5.41) is 7.44. The molecule has 1 amide bonds. The lowest BCUT2D eigenvalue weighted by Gasteiger charge is -2.12. The predicted octanol–water partition coefficient (Wildman–Crippen LogP) is 4.24. The first kappa shape index (κ1) is 15.6. The highest BCUT2D eigenvalue weighted by molar-refractivity contribution is 5.91. The number of nitrogens with one attached hydrogen (secondary N) is 1. The van der Waals surface area contributed by atoms with Crippen molar-refractivity contribution in [3.63, 3.8) is 0 Å². The normalized spacial score (nSPS) is 15.8. The number of hydrogen-bond acceptors (Lipinski definition) is 2. The third kappa shape index (κ3) is 3.07. The molecule has 1 aromatic heterocycles. The van der Waals surface area contributed by atoms with Gasteiger partial charge in [-0.1, -0.05) is 42.5 Å². The van der Waals surface area contributed by atoms with Crippen LogP contribution in [0, 0.1) is 6.92 Å². The van der Waals surface area contributed by atoms with Crippen LogP contribution in [0.1, 0.15) is 35.6 Å². The Labute approximate surface area is 147 Å². The van der Waals surface area contributed by atoms with Gasteiger partial charge in [-0.05, 0) is 48.9 Å². The lowest BCUT2D eigenvalue weighted by molar-refractivity contribution is -0.116. The topological polar surface area (TPSA) is 46.9 Å². The number of fused-ring (bicyclic) bond motifs is 1. The molecule has 0 bridgehead atoms. The van der Waals surface area contributed by atoms with E-state index in [1.165, 1.54) is 11.1 Å². The Morgan fingerprint density at radius 2 is 1.92 bits per heavy atom. The summed E-state index contributed by atoms with van der Waals surface area (Å²) in [6, 6.07) is 18.4. The third-order valence-corrected chi connectivity index (χ3v) is 4.97. The maximum absolute atomic E-state index is 12.5. The standard InChI is InChI=1S/C21H21N3O/c1-15-20(14-22-24(15)18-8-3-2-4-9-18)23-21(25)13-17-12-11-16-7-5-6-10-19(16)17/h2-10,14,17H,11-13H2,1H3,(H,23,25)/t17-/m0/s1. The van der Waals surface area contributed by atoms with Crippen LogP contribution in [0.25, 0.3) is 5.69 Å². The van der Waals surface area contributed by atoms with Crippen molar-refractivity contribution >= 4 is 11.6 Å². The summed E-state index contributed by atoms with van der Waals surface area (Å²) in [6.07, 6.45) is 4.36. The van der Waals surface area contributed by atoms with Gasteiger partial charge in [0.1, 0.15) is 0 Å². The number of aryl methyl sites for hydroxylation is 1. The zero-order valence-corrected chi connectivity index (χ0v) is 14.3. The lowest BCUT2D eigenvalue weighted by atomic mass is 9.97. The molecular weight excluding hydrogens is 310 g/mol. The van der Waals surface area contributed by atoms with Crippen LogP contribution < -0.4 is 5.32 Å². The molecule has 4 heteroatoms. The van der Waals surface area contributed by atoms with Gasteiger partial charge >= 0.3 is 0 Å². The molecule has 4 rings (SSSR count). The molecule has 1 N–H and O–H groups in total. The second-order valence-corrected chi connectivity index (χ2v) is 6.58. The number of carbonyl (C=O) groups excluding carboxylic acids is 1. The summed E-state index contributed by atoms with van der Waals surface area (Å²) in [5.74, 6) is 0.373. The van der Waals surface area contributed by atoms with Gasteiger partial charge in [-0.15, -0.1) is 0 Å². The average Bonchev–Trinajstić information content (AvgIpc) is 3.20. The summed E-state index contributed by atoms with van der Waals surface area (Å²) in [7, 11) is 0. The number of amides is 1. The Morgan fingerprint density at radius 1 is 1.16 bits per heavy atom. The first-order valence-corrected chi connectivity index (χ1v) is 8.70. The summed E-state index contributed by atoms with van der Waals surface area (Å²) >= 11 is 0. The summed E-state index contributed by atoms with van der Waals surface area (Å²) in [4.78, 5) is 12.5. The van der Waals surface area contributed by atoms with Gasteiger partial charge in [0.05, 0.1) is 23.3 Å². The summed E-state index contributed by atoms with van der Waals surface area (Å²) < 4.78 is 1.85. The highest BCUT2D eigenvalue weighted by Crippen LogP contribution is 2.35. The molecule has 0 saturated heterocycles. The molecule has 0 radical (unpaired) electrons. The first-order chi connectivity index (χ1) is 12.2. The number of hydrogen-bond donors (Lipinski definition) is 1. The van der Waals surface area contributed by atoms with Gasteiger partial charge in [0.2, 0.25) is 5.91 Å². The highest BCUT2D eigenvalue weighted by Gasteiger charge is 2.24. The SMILES string of the molecule is Cc1c(NC(=O)C[C@@H]2CCc3ccccc32)cnn1-c1ccccc1. The number of benzene rings is 2. The van der Waals surface area contributed by atoms with Crippen LogP contribution in [0.3, 0.4) is 0 Å². The van der Waals surface area contributed by atoms with Gasteiger partial charge in [-0.2, -0.15) is 5.10 Å². The minimum atomic E-state index is 0.0532. The van der Waals surface area contributed by atoms with Crippen LogP contribution in [-0.2, 0) is 11.2 Å². The van der Waals surface area contributed by atoms with E-state index in [0.717, 1.165) is 29.9 Å².